The Hall–Kier alpha value is -1.22. The maximum atomic E-state index is 3.21. The summed E-state index contributed by atoms with van der Waals surface area (Å²) >= 11 is 0. The van der Waals surface area contributed by atoms with Crippen molar-refractivity contribution in [3.63, 3.8) is 0 Å². The predicted octanol–water partition coefficient (Wildman–Crippen LogP) is 4.40. The van der Waals surface area contributed by atoms with Crippen LogP contribution in [-0.2, 0) is 0 Å². The van der Waals surface area contributed by atoms with E-state index in [-0.39, 0.29) is 0 Å². The van der Waals surface area contributed by atoms with Crippen LogP contribution in [0.4, 0.5) is 0 Å². The zero-order valence-electron chi connectivity index (χ0n) is 10.6. The van der Waals surface area contributed by atoms with Crippen LogP contribution >= 0.6 is 0 Å². The van der Waals surface area contributed by atoms with Crippen LogP contribution < -0.4 is 0 Å². The van der Waals surface area contributed by atoms with Gasteiger partial charge in [0, 0.05) is 5.57 Å². The van der Waals surface area contributed by atoms with E-state index in [0.29, 0.717) is 5.92 Å². The smallest absolute Gasteiger partial charge is 0.00263 e. The number of rotatable bonds is 1. The molecular formula is C16H20. The summed E-state index contributed by atoms with van der Waals surface area (Å²) in [6, 6.07) is 0. The molecule has 0 N–H and O–H groups in total. The van der Waals surface area contributed by atoms with Crippen LogP contribution in [0.2, 0.25) is 0 Å². The molecule has 0 bridgehead atoms. The molecule has 0 aliphatic heterocycles. The van der Waals surface area contributed by atoms with Gasteiger partial charge in [0.1, 0.15) is 0 Å². The average Bonchev–Trinajstić information content (AvgIpc) is 2.28. The first-order valence-electron chi connectivity index (χ1n) is 6.26. The Labute approximate surface area is 99.1 Å². The molecule has 0 spiro atoms. The molecule has 16 heavy (non-hydrogen) atoms. The van der Waals surface area contributed by atoms with Crippen molar-refractivity contribution in [1.82, 2.24) is 0 Å². The lowest BCUT2D eigenvalue weighted by Crippen LogP contribution is -2.06. The van der Waals surface area contributed by atoms with Crippen molar-refractivity contribution in [3.05, 3.63) is 34.4 Å². The molecule has 0 heterocycles. The van der Waals surface area contributed by atoms with Gasteiger partial charge in [-0.1, -0.05) is 31.4 Å². The molecule has 0 heteroatoms. The summed E-state index contributed by atoms with van der Waals surface area (Å²) in [4.78, 5) is 0. The molecule has 0 atom stereocenters. The molecule has 0 aromatic rings. The topological polar surface area (TPSA) is 0 Å². The first-order valence-corrected chi connectivity index (χ1v) is 6.26. The van der Waals surface area contributed by atoms with Gasteiger partial charge in [0.2, 0.25) is 0 Å². The van der Waals surface area contributed by atoms with E-state index in [9.17, 15) is 0 Å². The van der Waals surface area contributed by atoms with Crippen molar-refractivity contribution < 1.29 is 0 Å². The molecule has 0 saturated heterocycles. The van der Waals surface area contributed by atoms with E-state index >= 15 is 0 Å². The highest BCUT2D eigenvalue weighted by atomic mass is 14.2. The Balaban J connectivity index is 2.27. The fourth-order valence-electron chi connectivity index (χ4n) is 2.49. The van der Waals surface area contributed by atoms with E-state index in [1.807, 2.05) is 6.92 Å². The van der Waals surface area contributed by atoms with Crippen LogP contribution in [0, 0.1) is 17.8 Å². The maximum Gasteiger partial charge on any atom is 0.00263 e. The molecule has 0 unspecified atom stereocenters. The van der Waals surface area contributed by atoms with Crippen molar-refractivity contribution in [2.75, 3.05) is 0 Å². The van der Waals surface area contributed by atoms with Gasteiger partial charge in [-0.05, 0) is 55.7 Å². The van der Waals surface area contributed by atoms with Gasteiger partial charge in [-0.15, -0.1) is 5.92 Å². The molecule has 0 aromatic carbocycles. The van der Waals surface area contributed by atoms with Crippen molar-refractivity contribution in [1.29, 1.82) is 0 Å². The number of hydrogen-bond acceptors (Lipinski definition) is 0. The molecule has 0 amide bonds. The standard InChI is InChI=1S/C16H20/c1-4-5-13-6-7-16-11-14(12(2)3)8-9-15(16)10-13/h10-12H,6-9H2,1-3H3. The number of hydrogen-bond donors (Lipinski definition) is 0. The van der Waals surface area contributed by atoms with E-state index in [1.165, 1.54) is 30.4 Å². The van der Waals surface area contributed by atoms with Gasteiger partial charge in [-0.2, -0.15) is 0 Å². The Kier molecular flexibility index (Phi) is 3.34. The van der Waals surface area contributed by atoms with Crippen LogP contribution in [0.15, 0.2) is 34.4 Å². The van der Waals surface area contributed by atoms with E-state index in [4.69, 9.17) is 0 Å². The van der Waals surface area contributed by atoms with Crippen LogP contribution in [0.1, 0.15) is 46.5 Å². The van der Waals surface area contributed by atoms with Crippen LogP contribution in [-0.4, -0.2) is 0 Å². The normalized spacial score (nSPS) is 19.8. The molecule has 0 radical (unpaired) electrons. The van der Waals surface area contributed by atoms with Crippen molar-refractivity contribution >= 4 is 0 Å². The third-order valence-corrected chi connectivity index (χ3v) is 3.49. The third kappa shape index (κ3) is 2.30. The molecule has 0 nitrogen and oxygen atoms in total. The Bertz CT molecular complexity index is 430. The van der Waals surface area contributed by atoms with Gasteiger partial charge in [0.05, 0.1) is 0 Å². The van der Waals surface area contributed by atoms with E-state index < -0.39 is 0 Å². The second kappa shape index (κ2) is 4.74. The third-order valence-electron chi connectivity index (χ3n) is 3.49. The second-order valence-corrected chi connectivity index (χ2v) is 4.97. The monoisotopic (exact) mass is 212 g/mol. The van der Waals surface area contributed by atoms with Gasteiger partial charge < -0.3 is 0 Å². The highest BCUT2D eigenvalue weighted by Crippen LogP contribution is 2.35. The van der Waals surface area contributed by atoms with E-state index in [1.54, 1.807) is 11.1 Å². The van der Waals surface area contributed by atoms with Gasteiger partial charge in [-0.25, -0.2) is 0 Å². The van der Waals surface area contributed by atoms with Crippen LogP contribution in [0.3, 0.4) is 0 Å². The largest absolute Gasteiger partial charge is 0.102 e. The summed E-state index contributed by atoms with van der Waals surface area (Å²) in [6.45, 7) is 6.51. The Morgan fingerprint density at radius 1 is 1.00 bits per heavy atom. The van der Waals surface area contributed by atoms with Crippen molar-refractivity contribution in [3.8, 4) is 11.8 Å². The highest BCUT2D eigenvalue weighted by Gasteiger charge is 2.17. The lowest BCUT2D eigenvalue weighted by Gasteiger charge is -2.24. The highest BCUT2D eigenvalue weighted by molar-refractivity contribution is 5.47. The van der Waals surface area contributed by atoms with E-state index in [2.05, 4.69) is 37.8 Å². The molecule has 2 rings (SSSR count). The van der Waals surface area contributed by atoms with E-state index in [0.717, 1.165) is 6.42 Å². The predicted molar refractivity (Wildman–Crippen MR) is 69.9 cm³/mol. The van der Waals surface area contributed by atoms with Crippen molar-refractivity contribution in [2.45, 2.75) is 46.5 Å². The van der Waals surface area contributed by atoms with Crippen LogP contribution in [0.25, 0.3) is 0 Å². The average molecular weight is 212 g/mol. The summed E-state index contributed by atoms with van der Waals surface area (Å²) in [6.07, 6.45) is 9.53. The summed E-state index contributed by atoms with van der Waals surface area (Å²) in [7, 11) is 0. The van der Waals surface area contributed by atoms with Gasteiger partial charge in [0.25, 0.3) is 0 Å². The van der Waals surface area contributed by atoms with Gasteiger partial charge in [0.15, 0.2) is 0 Å². The summed E-state index contributed by atoms with van der Waals surface area (Å²) in [5.41, 5.74) is 6.05. The van der Waals surface area contributed by atoms with Crippen molar-refractivity contribution in [2.24, 2.45) is 5.92 Å². The minimum Gasteiger partial charge on any atom is -0.102 e. The fraction of sp³-hybridized carbons (Fsp3) is 0.500. The quantitative estimate of drug-likeness (QED) is 0.565. The minimum atomic E-state index is 0.704. The molecule has 2 aliphatic rings. The lowest BCUT2D eigenvalue weighted by atomic mass is 9.81. The minimum absolute atomic E-state index is 0.704. The van der Waals surface area contributed by atoms with Gasteiger partial charge >= 0.3 is 0 Å². The first-order chi connectivity index (χ1) is 7.70. The molecular weight excluding hydrogens is 192 g/mol. The number of allylic oxidation sites excluding steroid dienone is 6. The summed E-state index contributed by atoms with van der Waals surface area (Å²) in [5, 5.41) is 0. The molecule has 0 aromatic heterocycles. The zero-order chi connectivity index (χ0) is 11.5. The Morgan fingerprint density at radius 3 is 2.38 bits per heavy atom. The van der Waals surface area contributed by atoms with Gasteiger partial charge in [-0.3, -0.25) is 0 Å². The Morgan fingerprint density at radius 2 is 1.69 bits per heavy atom. The molecule has 2 aliphatic carbocycles. The fourth-order valence-corrected chi connectivity index (χ4v) is 2.49. The maximum absolute atomic E-state index is 3.21. The second-order valence-electron chi connectivity index (χ2n) is 4.97. The first kappa shape index (κ1) is 11.3. The SMILES string of the molecule is CC#CC1=CC2=C(C=C(C(C)C)CC2)CC1. The molecule has 0 fully saturated rings. The summed E-state index contributed by atoms with van der Waals surface area (Å²) < 4.78 is 0. The molecule has 0 saturated carbocycles. The zero-order valence-corrected chi connectivity index (χ0v) is 10.6. The summed E-state index contributed by atoms with van der Waals surface area (Å²) in [5.74, 6) is 6.91. The molecule has 84 valence electrons. The van der Waals surface area contributed by atoms with Crippen LogP contribution in [0.5, 0.6) is 0 Å². The lowest BCUT2D eigenvalue weighted by molar-refractivity contribution is 0.690.